The number of nitriles is 1. The van der Waals surface area contributed by atoms with E-state index in [-0.39, 0.29) is 5.75 Å². The molecule has 0 saturated carbocycles. The SMILES string of the molecule is N#Cc1cc2ccc(O)cc2cn1. The molecule has 2 aromatic rings. The Morgan fingerprint density at radius 1 is 1.23 bits per heavy atom. The van der Waals surface area contributed by atoms with Crippen molar-refractivity contribution in [2.24, 2.45) is 0 Å². The molecule has 0 bridgehead atoms. The van der Waals surface area contributed by atoms with Crippen molar-refractivity contribution in [2.45, 2.75) is 0 Å². The minimum absolute atomic E-state index is 0.207. The highest BCUT2D eigenvalue weighted by atomic mass is 16.3. The van der Waals surface area contributed by atoms with E-state index in [0.29, 0.717) is 5.69 Å². The molecule has 1 aromatic carbocycles. The molecule has 0 aliphatic heterocycles. The quantitative estimate of drug-likeness (QED) is 0.656. The molecule has 1 N–H and O–H groups in total. The van der Waals surface area contributed by atoms with E-state index in [4.69, 9.17) is 10.4 Å². The Morgan fingerprint density at radius 2 is 2.08 bits per heavy atom. The third-order valence-corrected chi connectivity index (χ3v) is 1.82. The van der Waals surface area contributed by atoms with E-state index in [0.717, 1.165) is 10.8 Å². The molecule has 62 valence electrons. The van der Waals surface area contributed by atoms with Crippen LogP contribution in [-0.2, 0) is 0 Å². The number of phenolic OH excluding ortho intramolecular Hbond substituents is 1. The maximum absolute atomic E-state index is 9.16. The van der Waals surface area contributed by atoms with E-state index in [1.54, 1.807) is 30.5 Å². The van der Waals surface area contributed by atoms with Crippen molar-refractivity contribution >= 4 is 10.8 Å². The fourth-order valence-electron chi connectivity index (χ4n) is 1.19. The van der Waals surface area contributed by atoms with Gasteiger partial charge in [-0.1, -0.05) is 6.07 Å². The van der Waals surface area contributed by atoms with Gasteiger partial charge >= 0.3 is 0 Å². The predicted octanol–water partition coefficient (Wildman–Crippen LogP) is 1.81. The highest BCUT2D eigenvalue weighted by Crippen LogP contribution is 2.19. The number of nitrogens with zero attached hydrogens (tertiary/aromatic N) is 2. The standard InChI is InChI=1S/C10H6N2O/c11-5-9-3-7-1-2-10(13)4-8(7)6-12-9/h1-4,6,13H. The smallest absolute Gasteiger partial charge is 0.141 e. The lowest BCUT2D eigenvalue weighted by Gasteiger charge is -1.97. The maximum Gasteiger partial charge on any atom is 0.141 e. The number of pyridine rings is 1. The van der Waals surface area contributed by atoms with E-state index < -0.39 is 0 Å². The van der Waals surface area contributed by atoms with Crippen LogP contribution in [0.2, 0.25) is 0 Å². The average molecular weight is 170 g/mol. The van der Waals surface area contributed by atoms with Crippen LogP contribution in [0.5, 0.6) is 5.75 Å². The molecule has 13 heavy (non-hydrogen) atoms. The summed E-state index contributed by atoms with van der Waals surface area (Å²) in [5.74, 6) is 0.207. The Morgan fingerprint density at radius 3 is 2.85 bits per heavy atom. The first-order valence-electron chi connectivity index (χ1n) is 3.78. The van der Waals surface area contributed by atoms with Gasteiger partial charge < -0.3 is 5.11 Å². The zero-order valence-corrected chi connectivity index (χ0v) is 6.73. The molecule has 0 radical (unpaired) electrons. The summed E-state index contributed by atoms with van der Waals surface area (Å²) >= 11 is 0. The first kappa shape index (κ1) is 7.56. The molecule has 0 saturated heterocycles. The molecule has 0 aliphatic rings. The summed E-state index contributed by atoms with van der Waals surface area (Å²) in [6.45, 7) is 0. The Hall–Kier alpha value is -2.08. The zero-order chi connectivity index (χ0) is 9.26. The van der Waals surface area contributed by atoms with Crippen molar-refractivity contribution in [3.05, 3.63) is 36.2 Å². The van der Waals surface area contributed by atoms with Crippen molar-refractivity contribution in [2.75, 3.05) is 0 Å². The second-order valence-electron chi connectivity index (χ2n) is 2.71. The van der Waals surface area contributed by atoms with Crippen LogP contribution >= 0.6 is 0 Å². The van der Waals surface area contributed by atoms with Crippen LogP contribution in [0.25, 0.3) is 10.8 Å². The molecule has 1 aromatic heterocycles. The topological polar surface area (TPSA) is 56.9 Å². The molecule has 0 unspecified atom stereocenters. The molecule has 0 fully saturated rings. The summed E-state index contributed by atoms with van der Waals surface area (Å²) in [4.78, 5) is 3.89. The third kappa shape index (κ3) is 1.30. The number of phenols is 1. The Labute approximate surface area is 74.9 Å². The molecule has 1 heterocycles. The van der Waals surface area contributed by atoms with E-state index >= 15 is 0 Å². The van der Waals surface area contributed by atoms with Crippen LogP contribution < -0.4 is 0 Å². The average Bonchev–Trinajstić information content (AvgIpc) is 2.17. The van der Waals surface area contributed by atoms with Crippen LogP contribution in [0.1, 0.15) is 5.69 Å². The first-order chi connectivity index (χ1) is 6.29. The van der Waals surface area contributed by atoms with Crippen molar-refractivity contribution in [1.82, 2.24) is 4.98 Å². The molecular formula is C10H6N2O. The van der Waals surface area contributed by atoms with Gasteiger partial charge in [0, 0.05) is 11.6 Å². The summed E-state index contributed by atoms with van der Waals surface area (Å²) in [7, 11) is 0. The molecule has 0 spiro atoms. The van der Waals surface area contributed by atoms with Gasteiger partial charge in [-0.05, 0) is 23.6 Å². The Bertz CT molecular complexity index is 500. The number of rotatable bonds is 0. The molecule has 3 heteroatoms. The van der Waals surface area contributed by atoms with Gasteiger partial charge in [-0.2, -0.15) is 5.26 Å². The van der Waals surface area contributed by atoms with Gasteiger partial charge in [0.1, 0.15) is 17.5 Å². The molecule has 0 aliphatic carbocycles. The van der Waals surface area contributed by atoms with Crippen LogP contribution in [-0.4, -0.2) is 10.1 Å². The minimum atomic E-state index is 0.207. The van der Waals surface area contributed by atoms with Crippen molar-refractivity contribution < 1.29 is 5.11 Å². The summed E-state index contributed by atoms with van der Waals surface area (Å²) in [6, 6.07) is 8.61. The molecular weight excluding hydrogens is 164 g/mol. The van der Waals surface area contributed by atoms with E-state index in [1.807, 2.05) is 6.07 Å². The number of hydrogen-bond acceptors (Lipinski definition) is 3. The number of benzene rings is 1. The first-order valence-corrected chi connectivity index (χ1v) is 3.78. The fraction of sp³-hybridized carbons (Fsp3) is 0. The lowest BCUT2D eigenvalue weighted by molar-refractivity contribution is 0.476. The second kappa shape index (κ2) is 2.76. The Kier molecular flexibility index (Phi) is 1.60. The lowest BCUT2D eigenvalue weighted by atomic mass is 10.1. The second-order valence-corrected chi connectivity index (χ2v) is 2.71. The number of hydrogen-bond donors (Lipinski definition) is 1. The number of aromatic hydroxyl groups is 1. The third-order valence-electron chi connectivity index (χ3n) is 1.82. The summed E-state index contributed by atoms with van der Waals surface area (Å²) < 4.78 is 0. The summed E-state index contributed by atoms with van der Waals surface area (Å²) in [6.07, 6.45) is 1.58. The fourth-order valence-corrected chi connectivity index (χ4v) is 1.19. The zero-order valence-electron chi connectivity index (χ0n) is 6.73. The highest BCUT2D eigenvalue weighted by Gasteiger charge is 1.97. The van der Waals surface area contributed by atoms with Crippen molar-refractivity contribution in [3.63, 3.8) is 0 Å². The van der Waals surface area contributed by atoms with E-state index in [9.17, 15) is 0 Å². The highest BCUT2D eigenvalue weighted by molar-refractivity contribution is 5.83. The Balaban J connectivity index is 2.75. The van der Waals surface area contributed by atoms with Gasteiger partial charge in [-0.25, -0.2) is 4.98 Å². The lowest BCUT2D eigenvalue weighted by Crippen LogP contribution is -1.81. The van der Waals surface area contributed by atoms with Gasteiger partial charge in [-0.3, -0.25) is 0 Å². The maximum atomic E-state index is 9.16. The largest absolute Gasteiger partial charge is 0.508 e. The molecule has 3 nitrogen and oxygen atoms in total. The molecule has 0 atom stereocenters. The predicted molar refractivity (Wildman–Crippen MR) is 48.1 cm³/mol. The number of aromatic nitrogens is 1. The van der Waals surface area contributed by atoms with Crippen LogP contribution in [0.3, 0.4) is 0 Å². The van der Waals surface area contributed by atoms with Crippen molar-refractivity contribution in [1.29, 1.82) is 5.26 Å². The van der Waals surface area contributed by atoms with E-state index in [1.165, 1.54) is 0 Å². The molecule has 2 rings (SSSR count). The molecule has 0 amide bonds. The van der Waals surface area contributed by atoms with Gasteiger partial charge in [0.05, 0.1) is 0 Å². The minimum Gasteiger partial charge on any atom is -0.508 e. The summed E-state index contributed by atoms with van der Waals surface area (Å²) in [5, 5.41) is 19.5. The van der Waals surface area contributed by atoms with Gasteiger partial charge in [-0.15, -0.1) is 0 Å². The van der Waals surface area contributed by atoms with Gasteiger partial charge in [0.2, 0.25) is 0 Å². The van der Waals surface area contributed by atoms with E-state index in [2.05, 4.69) is 4.98 Å². The van der Waals surface area contributed by atoms with Crippen LogP contribution in [0.15, 0.2) is 30.5 Å². The monoisotopic (exact) mass is 170 g/mol. The van der Waals surface area contributed by atoms with Gasteiger partial charge in [0.15, 0.2) is 0 Å². The van der Waals surface area contributed by atoms with Crippen molar-refractivity contribution in [3.8, 4) is 11.8 Å². The van der Waals surface area contributed by atoms with Gasteiger partial charge in [0.25, 0.3) is 0 Å². The van der Waals surface area contributed by atoms with Crippen LogP contribution in [0, 0.1) is 11.3 Å². The van der Waals surface area contributed by atoms with Crippen LogP contribution in [0.4, 0.5) is 0 Å². The number of fused-ring (bicyclic) bond motifs is 1. The normalized spacial score (nSPS) is 9.77. The summed E-state index contributed by atoms with van der Waals surface area (Å²) in [5.41, 5.74) is 0.387.